The molecule has 0 saturated carbocycles. The molecule has 0 radical (unpaired) electrons. The van der Waals surface area contributed by atoms with E-state index in [9.17, 15) is 0 Å². The van der Waals surface area contributed by atoms with Crippen LogP contribution >= 0.6 is 23.4 Å². The average molecular weight is 206 g/mol. The molecule has 0 aromatic carbocycles. The highest BCUT2D eigenvalue weighted by atomic mass is 35.5. The van der Waals surface area contributed by atoms with Crippen LogP contribution in [0.2, 0.25) is 5.22 Å². The Balaban J connectivity index is 2.15. The predicted molar refractivity (Wildman–Crippen MR) is 53.8 cm³/mol. The molecule has 0 bridgehead atoms. The highest BCUT2D eigenvalue weighted by Gasteiger charge is 1.97. The first kappa shape index (κ1) is 9.96. The number of hydrogen-bond acceptors (Lipinski definition) is 3. The molecule has 1 heterocycles. The number of hydrogen-bond donors (Lipinski definition) is 1. The van der Waals surface area contributed by atoms with E-state index in [0.29, 0.717) is 5.22 Å². The summed E-state index contributed by atoms with van der Waals surface area (Å²) in [5.74, 6) is 2.01. The van der Waals surface area contributed by atoms with E-state index in [2.05, 4.69) is 11.6 Å². The summed E-state index contributed by atoms with van der Waals surface area (Å²) in [5, 5.41) is 3.70. The van der Waals surface area contributed by atoms with Crippen LogP contribution in [0.4, 0.5) is 0 Å². The van der Waals surface area contributed by atoms with Crippen LogP contribution in [0.1, 0.15) is 5.76 Å². The Morgan fingerprint density at radius 3 is 3.00 bits per heavy atom. The van der Waals surface area contributed by atoms with Crippen LogP contribution in [0.3, 0.4) is 0 Å². The van der Waals surface area contributed by atoms with Crippen LogP contribution in [-0.4, -0.2) is 18.6 Å². The third-order valence-electron chi connectivity index (χ3n) is 1.41. The molecule has 12 heavy (non-hydrogen) atoms. The number of rotatable bonds is 5. The Bertz CT molecular complexity index is 227. The summed E-state index contributed by atoms with van der Waals surface area (Å²) in [6, 6.07) is 3.64. The molecule has 0 atom stereocenters. The molecule has 0 aliphatic heterocycles. The number of nitrogens with one attached hydrogen (secondary N) is 1. The Hall–Kier alpha value is -0.120. The average Bonchev–Trinajstić information content (AvgIpc) is 2.45. The summed E-state index contributed by atoms with van der Waals surface area (Å²) < 4.78 is 5.16. The van der Waals surface area contributed by atoms with Crippen LogP contribution in [-0.2, 0) is 6.54 Å². The summed E-state index contributed by atoms with van der Waals surface area (Å²) in [6.07, 6.45) is 2.09. The Morgan fingerprint density at radius 1 is 1.58 bits per heavy atom. The van der Waals surface area contributed by atoms with Gasteiger partial charge in [0.15, 0.2) is 5.22 Å². The summed E-state index contributed by atoms with van der Waals surface area (Å²) in [4.78, 5) is 0. The molecule has 1 rings (SSSR count). The van der Waals surface area contributed by atoms with Crippen molar-refractivity contribution in [1.82, 2.24) is 5.32 Å². The van der Waals surface area contributed by atoms with Gasteiger partial charge in [0.05, 0.1) is 6.54 Å². The lowest BCUT2D eigenvalue weighted by atomic mass is 10.4. The van der Waals surface area contributed by atoms with Gasteiger partial charge in [-0.05, 0) is 30.0 Å². The summed E-state index contributed by atoms with van der Waals surface area (Å²) in [6.45, 7) is 1.76. The van der Waals surface area contributed by atoms with Gasteiger partial charge in [-0.2, -0.15) is 11.8 Å². The monoisotopic (exact) mass is 205 g/mol. The molecule has 0 aliphatic carbocycles. The van der Waals surface area contributed by atoms with E-state index in [4.69, 9.17) is 16.0 Å². The maximum atomic E-state index is 5.60. The van der Waals surface area contributed by atoms with E-state index in [1.165, 1.54) is 0 Å². The molecule has 1 aromatic rings. The Kier molecular flexibility index (Phi) is 4.58. The van der Waals surface area contributed by atoms with E-state index in [1.807, 2.05) is 17.8 Å². The van der Waals surface area contributed by atoms with Gasteiger partial charge in [-0.1, -0.05) is 0 Å². The van der Waals surface area contributed by atoms with Gasteiger partial charge in [-0.15, -0.1) is 0 Å². The Labute approximate surface area is 81.7 Å². The highest BCUT2D eigenvalue weighted by Crippen LogP contribution is 2.12. The Morgan fingerprint density at radius 2 is 2.42 bits per heavy atom. The highest BCUT2D eigenvalue weighted by molar-refractivity contribution is 7.98. The minimum Gasteiger partial charge on any atom is -0.448 e. The minimum atomic E-state index is 0.455. The lowest BCUT2D eigenvalue weighted by Crippen LogP contribution is -2.15. The maximum absolute atomic E-state index is 5.60. The van der Waals surface area contributed by atoms with Crippen LogP contribution in [0.5, 0.6) is 0 Å². The van der Waals surface area contributed by atoms with Crippen molar-refractivity contribution in [2.45, 2.75) is 6.54 Å². The molecule has 2 nitrogen and oxygen atoms in total. The lowest BCUT2D eigenvalue weighted by molar-refractivity contribution is 0.490. The van der Waals surface area contributed by atoms with Gasteiger partial charge in [0.25, 0.3) is 0 Å². The summed E-state index contributed by atoms with van der Waals surface area (Å²) in [5.41, 5.74) is 0. The van der Waals surface area contributed by atoms with Gasteiger partial charge in [0, 0.05) is 12.3 Å². The SMILES string of the molecule is CSCCNCc1ccc(Cl)o1. The van der Waals surface area contributed by atoms with Crippen LogP contribution in [0, 0.1) is 0 Å². The molecule has 0 unspecified atom stereocenters. The van der Waals surface area contributed by atoms with Gasteiger partial charge in [-0.25, -0.2) is 0 Å². The molecule has 0 saturated heterocycles. The fourth-order valence-corrected chi connectivity index (χ4v) is 1.34. The summed E-state index contributed by atoms with van der Waals surface area (Å²) >= 11 is 7.42. The standard InChI is InChI=1S/C8H12ClNOS/c1-12-5-4-10-6-7-2-3-8(9)11-7/h2-3,10H,4-6H2,1H3. The first-order valence-corrected chi connectivity index (χ1v) is 5.54. The molecule has 0 amide bonds. The van der Waals surface area contributed by atoms with Gasteiger partial charge >= 0.3 is 0 Å². The molecular weight excluding hydrogens is 194 g/mol. The van der Waals surface area contributed by atoms with E-state index in [-0.39, 0.29) is 0 Å². The predicted octanol–water partition coefficient (Wildman–Crippen LogP) is 2.39. The molecule has 0 spiro atoms. The van der Waals surface area contributed by atoms with Crippen molar-refractivity contribution in [3.05, 3.63) is 23.1 Å². The largest absolute Gasteiger partial charge is 0.448 e. The normalized spacial score (nSPS) is 10.5. The van der Waals surface area contributed by atoms with Gasteiger partial charge < -0.3 is 9.73 Å². The van der Waals surface area contributed by atoms with Crippen molar-refractivity contribution < 1.29 is 4.42 Å². The third-order valence-corrected chi connectivity index (χ3v) is 2.23. The lowest BCUT2D eigenvalue weighted by Gasteiger charge is -1.99. The second-order valence-electron chi connectivity index (χ2n) is 2.38. The van der Waals surface area contributed by atoms with E-state index < -0.39 is 0 Å². The molecular formula is C8H12ClNOS. The van der Waals surface area contributed by atoms with Gasteiger partial charge in [0.1, 0.15) is 5.76 Å². The number of halogens is 1. The molecule has 4 heteroatoms. The molecule has 68 valence electrons. The smallest absolute Gasteiger partial charge is 0.193 e. The van der Waals surface area contributed by atoms with Crippen LogP contribution < -0.4 is 5.32 Å². The van der Waals surface area contributed by atoms with Gasteiger partial charge in [0.2, 0.25) is 0 Å². The molecule has 1 aromatic heterocycles. The zero-order valence-corrected chi connectivity index (χ0v) is 8.54. The van der Waals surface area contributed by atoms with E-state index >= 15 is 0 Å². The van der Waals surface area contributed by atoms with Crippen molar-refractivity contribution in [1.29, 1.82) is 0 Å². The first-order chi connectivity index (χ1) is 5.83. The second-order valence-corrected chi connectivity index (χ2v) is 3.73. The van der Waals surface area contributed by atoms with E-state index in [1.54, 1.807) is 6.07 Å². The fourth-order valence-electron chi connectivity index (χ4n) is 0.833. The maximum Gasteiger partial charge on any atom is 0.193 e. The van der Waals surface area contributed by atoms with Crippen molar-refractivity contribution in [3.63, 3.8) is 0 Å². The minimum absolute atomic E-state index is 0.455. The molecule has 0 aliphatic rings. The zero-order chi connectivity index (χ0) is 8.81. The molecule has 1 N–H and O–H groups in total. The van der Waals surface area contributed by atoms with Crippen LogP contribution in [0.25, 0.3) is 0 Å². The topological polar surface area (TPSA) is 25.2 Å². The second kappa shape index (κ2) is 5.51. The number of furan rings is 1. The zero-order valence-electron chi connectivity index (χ0n) is 6.97. The number of thioether (sulfide) groups is 1. The van der Waals surface area contributed by atoms with Crippen molar-refractivity contribution in [2.75, 3.05) is 18.6 Å². The third kappa shape index (κ3) is 3.52. The summed E-state index contributed by atoms with van der Waals surface area (Å²) in [7, 11) is 0. The van der Waals surface area contributed by atoms with Crippen molar-refractivity contribution in [3.8, 4) is 0 Å². The quantitative estimate of drug-likeness (QED) is 0.748. The molecule has 0 fully saturated rings. The van der Waals surface area contributed by atoms with Crippen molar-refractivity contribution in [2.24, 2.45) is 0 Å². The fraction of sp³-hybridized carbons (Fsp3) is 0.500. The van der Waals surface area contributed by atoms with E-state index in [0.717, 1.165) is 24.6 Å². The van der Waals surface area contributed by atoms with Gasteiger partial charge in [-0.3, -0.25) is 0 Å². The van der Waals surface area contributed by atoms with Crippen LogP contribution in [0.15, 0.2) is 16.5 Å². The first-order valence-electron chi connectivity index (χ1n) is 3.77. The van der Waals surface area contributed by atoms with Crippen molar-refractivity contribution >= 4 is 23.4 Å².